The molecule has 0 aromatic carbocycles. The summed E-state index contributed by atoms with van der Waals surface area (Å²) in [4.78, 5) is 34.6. The minimum absolute atomic E-state index is 0.0556. The molecule has 1 saturated carbocycles. The maximum absolute atomic E-state index is 12.9. The first kappa shape index (κ1) is 22.7. The van der Waals surface area contributed by atoms with Gasteiger partial charge in [-0.25, -0.2) is 15.0 Å². The SMILES string of the molecule is CN(C)C(=O)c1sc2cnc(Nc3ccc(N4CCN5CCC[C@@H]5C4)cn3)nc2c1C1CCCC1. The van der Waals surface area contributed by atoms with Gasteiger partial charge in [0.05, 0.1) is 33.2 Å². The molecule has 1 atom stereocenters. The Labute approximate surface area is 210 Å². The first-order chi connectivity index (χ1) is 17.1. The number of nitrogens with one attached hydrogen (secondary N) is 1. The van der Waals surface area contributed by atoms with Crippen LogP contribution in [0.15, 0.2) is 24.5 Å². The van der Waals surface area contributed by atoms with Crippen LogP contribution in [-0.2, 0) is 0 Å². The van der Waals surface area contributed by atoms with E-state index in [2.05, 4.69) is 31.2 Å². The van der Waals surface area contributed by atoms with Crippen LogP contribution in [0, 0.1) is 0 Å². The number of carbonyl (C=O) groups excluding carboxylic acids is 1. The standard InChI is InChI=1S/C26H33N7OS/c1-31(2)25(34)24-22(17-6-3-4-7-17)23-20(35-24)15-28-26(30-23)29-21-10-9-18(14-27-21)33-13-12-32-11-5-8-19(32)16-33/h9-10,14-15,17,19H,3-8,11-13,16H2,1-2H3,(H,27,28,29,30)/t19-/m1/s1. The Kier molecular flexibility index (Phi) is 6.06. The van der Waals surface area contributed by atoms with E-state index in [1.807, 2.05) is 32.6 Å². The van der Waals surface area contributed by atoms with E-state index in [-0.39, 0.29) is 5.91 Å². The molecule has 6 rings (SSSR count). The van der Waals surface area contributed by atoms with E-state index in [4.69, 9.17) is 4.98 Å². The average molecular weight is 492 g/mol. The van der Waals surface area contributed by atoms with Gasteiger partial charge < -0.3 is 15.1 Å². The smallest absolute Gasteiger partial charge is 0.263 e. The summed E-state index contributed by atoms with van der Waals surface area (Å²) in [5, 5.41) is 3.29. The minimum atomic E-state index is 0.0556. The number of fused-ring (bicyclic) bond motifs is 2. The topological polar surface area (TPSA) is 77.5 Å². The van der Waals surface area contributed by atoms with Crippen LogP contribution >= 0.6 is 11.3 Å². The van der Waals surface area contributed by atoms with Crippen molar-refractivity contribution in [1.82, 2.24) is 24.8 Å². The molecule has 184 valence electrons. The van der Waals surface area contributed by atoms with Crippen LogP contribution in [0.25, 0.3) is 10.2 Å². The summed E-state index contributed by atoms with van der Waals surface area (Å²) in [5.74, 6) is 1.70. The molecule has 0 radical (unpaired) electrons. The lowest BCUT2D eigenvalue weighted by atomic mass is 9.96. The fourth-order valence-corrected chi connectivity index (χ4v) is 7.13. The predicted octanol–water partition coefficient (Wildman–Crippen LogP) is 4.47. The zero-order valence-electron chi connectivity index (χ0n) is 20.5. The molecule has 1 N–H and O–H groups in total. The second-order valence-corrected chi connectivity index (χ2v) is 11.3. The van der Waals surface area contributed by atoms with Crippen LogP contribution in [0.4, 0.5) is 17.5 Å². The van der Waals surface area contributed by atoms with Crippen molar-refractivity contribution in [3.05, 3.63) is 35.0 Å². The van der Waals surface area contributed by atoms with E-state index in [0.717, 1.165) is 59.0 Å². The van der Waals surface area contributed by atoms with Gasteiger partial charge in [-0.15, -0.1) is 11.3 Å². The summed E-state index contributed by atoms with van der Waals surface area (Å²) in [5.41, 5.74) is 3.20. The molecule has 2 aliphatic heterocycles. The normalized spacial score (nSPS) is 21.0. The Hall–Kier alpha value is -2.78. The van der Waals surface area contributed by atoms with Gasteiger partial charge in [-0.2, -0.15) is 0 Å². The summed E-state index contributed by atoms with van der Waals surface area (Å²) in [6.45, 7) is 4.54. The number of thiophene rings is 1. The van der Waals surface area contributed by atoms with Crippen LogP contribution in [-0.4, -0.2) is 77.0 Å². The van der Waals surface area contributed by atoms with Crippen LogP contribution in [0.5, 0.6) is 0 Å². The molecule has 3 fully saturated rings. The van der Waals surface area contributed by atoms with Gasteiger partial charge >= 0.3 is 0 Å². The molecule has 5 heterocycles. The summed E-state index contributed by atoms with van der Waals surface area (Å²) in [6.07, 6.45) is 11.1. The van der Waals surface area contributed by atoms with Gasteiger partial charge in [0.25, 0.3) is 5.91 Å². The van der Waals surface area contributed by atoms with Gasteiger partial charge in [-0.1, -0.05) is 12.8 Å². The minimum Gasteiger partial charge on any atom is -0.367 e. The van der Waals surface area contributed by atoms with E-state index in [0.29, 0.717) is 17.9 Å². The van der Waals surface area contributed by atoms with Crippen LogP contribution in [0.3, 0.4) is 0 Å². The van der Waals surface area contributed by atoms with E-state index < -0.39 is 0 Å². The van der Waals surface area contributed by atoms with E-state index >= 15 is 0 Å². The molecule has 3 aliphatic rings. The van der Waals surface area contributed by atoms with Crippen molar-refractivity contribution in [3.8, 4) is 0 Å². The largest absolute Gasteiger partial charge is 0.367 e. The lowest BCUT2D eigenvalue weighted by Gasteiger charge is -2.38. The molecular formula is C26H33N7OS. The number of aromatic nitrogens is 3. The first-order valence-electron chi connectivity index (χ1n) is 12.8. The Morgan fingerprint density at radius 3 is 2.69 bits per heavy atom. The van der Waals surface area contributed by atoms with Gasteiger partial charge in [-0.05, 0) is 50.3 Å². The average Bonchev–Trinajstić information content (AvgIpc) is 3.62. The second kappa shape index (κ2) is 9.35. The van der Waals surface area contributed by atoms with E-state index in [1.165, 1.54) is 49.3 Å². The molecule has 9 heteroatoms. The maximum Gasteiger partial charge on any atom is 0.263 e. The zero-order valence-corrected chi connectivity index (χ0v) is 21.4. The third kappa shape index (κ3) is 4.36. The molecule has 1 aliphatic carbocycles. The third-order valence-electron chi connectivity index (χ3n) is 7.77. The van der Waals surface area contributed by atoms with E-state index in [1.54, 1.807) is 4.90 Å². The Morgan fingerprint density at radius 2 is 1.91 bits per heavy atom. The number of hydrogen-bond donors (Lipinski definition) is 1. The van der Waals surface area contributed by atoms with Gasteiger partial charge in [0, 0.05) is 45.3 Å². The van der Waals surface area contributed by atoms with Crippen molar-refractivity contribution >= 4 is 44.9 Å². The Bertz CT molecular complexity index is 1220. The lowest BCUT2D eigenvalue weighted by Crippen LogP contribution is -2.50. The lowest BCUT2D eigenvalue weighted by molar-refractivity contribution is 0.0831. The molecule has 2 saturated heterocycles. The van der Waals surface area contributed by atoms with Gasteiger partial charge in [0.1, 0.15) is 5.82 Å². The number of anilines is 3. The number of pyridine rings is 1. The first-order valence-corrected chi connectivity index (χ1v) is 13.6. The van der Waals surface area contributed by atoms with Gasteiger partial charge in [0.2, 0.25) is 5.95 Å². The molecule has 0 bridgehead atoms. The van der Waals surface area contributed by atoms with Crippen molar-refractivity contribution in [2.24, 2.45) is 0 Å². The maximum atomic E-state index is 12.9. The fourth-order valence-electron chi connectivity index (χ4n) is 5.91. The fraction of sp³-hybridized carbons (Fsp3) is 0.538. The number of amides is 1. The molecule has 3 aromatic heterocycles. The van der Waals surface area contributed by atoms with Crippen LogP contribution in [0.2, 0.25) is 0 Å². The summed E-state index contributed by atoms with van der Waals surface area (Å²) < 4.78 is 0.969. The van der Waals surface area contributed by atoms with Crippen molar-refractivity contribution in [3.63, 3.8) is 0 Å². The highest BCUT2D eigenvalue weighted by Gasteiger charge is 2.31. The molecule has 35 heavy (non-hydrogen) atoms. The molecule has 0 unspecified atom stereocenters. The zero-order chi connectivity index (χ0) is 23.9. The molecule has 8 nitrogen and oxygen atoms in total. The quantitative estimate of drug-likeness (QED) is 0.564. The molecule has 0 spiro atoms. The monoisotopic (exact) mass is 491 g/mol. The highest BCUT2D eigenvalue weighted by atomic mass is 32.1. The van der Waals surface area contributed by atoms with Crippen molar-refractivity contribution in [2.45, 2.75) is 50.5 Å². The van der Waals surface area contributed by atoms with E-state index in [9.17, 15) is 4.79 Å². The summed E-state index contributed by atoms with van der Waals surface area (Å²) in [6, 6.07) is 4.84. The van der Waals surface area contributed by atoms with Crippen LogP contribution in [0.1, 0.15) is 59.7 Å². The predicted molar refractivity (Wildman–Crippen MR) is 141 cm³/mol. The Morgan fingerprint density at radius 1 is 1.06 bits per heavy atom. The van der Waals surface area contributed by atoms with Crippen molar-refractivity contribution in [2.75, 3.05) is 50.5 Å². The number of rotatable bonds is 5. The molecule has 1 amide bonds. The molecule has 3 aromatic rings. The highest BCUT2D eigenvalue weighted by molar-refractivity contribution is 7.21. The van der Waals surface area contributed by atoms with Crippen molar-refractivity contribution < 1.29 is 4.79 Å². The van der Waals surface area contributed by atoms with Crippen molar-refractivity contribution in [1.29, 1.82) is 0 Å². The number of carbonyl (C=O) groups is 1. The third-order valence-corrected chi connectivity index (χ3v) is 8.89. The van der Waals surface area contributed by atoms with Gasteiger partial charge in [0.15, 0.2) is 0 Å². The van der Waals surface area contributed by atoms with Crippen LogP contribution < -0.4 is 10.2 Å². The number of piperazine rings is 1. The number of nitrogens with zero attached hydrogens (tertiary/aromatic N) is 6. The summed E-state index contributed by atoms with van der Waals surface area (Å²) >= 11 is 1.52. The Balaban J connectivity index is 1.24. The van der Waals surface area contributed by atoms with Gasteiger partial charge in [-0.3, -0.25) is 9.69 Å². The second-order valence-electron chi connectivity index (χ2n) is 10.2. The number of hydrogen-bond acceptors (Lipinski definition) is 8. The molecular weight excluding hydrogens is 458 g/mol. The highest BCUT2D eigenvalue weighted by Crippen LogP contribution is 2.43. The summed E-state index contributed by atoms with van der Waals surface area (Å²) in [7, 11) is 3.62.